The summed E-state index contributed by atoms with van der Waals surface area (Å²) in [7, 11) is 1.74. The molecule has 1 heterocycles. The van der Waals surface area contributed by atoms with E-state index in [1.165, 1.54) is 22.3 Å². The fourth-order valence-electron chi connectivity index (χ4n) is 2.26. The molecule has 0 fully saturated rings. The van der Waals surface area contributed by atoms with Gasteiger partial charge in [-0.25, -0.2) is 0 Å². The van der Waals surface area contributed by atoms with Gasteiger partial charge in [0.25, 0.3) is 0 Å². The maximum absolute atomic E-state index is 5.03. The lowest BCUT2D eigenvalue weighted by atomic mass is 10.0. The number of aryl methyl sites for hydroxylation is 2. The van der Waals surface area contributed by atoms with Gasteiger partial charge in [-0.2, -0.15) is 5.10 Å². The Morgan fingerprint density at radius 3 is 2.75 bits per heavy atom. The molecule has 1 N–H and O–H groups in total. The summed E-state index contributed by atoms with van der Waals surface area (Å²) in [6.45, 7) is 10.3. The Morgan fingerprint density at radius 2 is 2.15 bits per heavy atom. The number of aromatic nitrogens is 2. The summed E-state index contributed by atoms with van der Waals surface area (Å²) in [6, 6.07) is 0. The van der Waals surface area contributed by atoms with Crippen LogP contribution in [0, 0.1) is 5.92 Å². The lowest BCUT2D eigenvalue weighted by Gasteiger charge is -2.13. The molecule has 0 spiro atoms. The quantitative estimate of drug-likeness (QED) is 0.662. The largest absolute Gasteiger partial charge is 0.383 e. The summed E-state index contributed by atoms with van der Waals surface area (Å²) in [4.78, 5) is 0. The van der Waals surface area contributed by atoms with E-state index in [9.17, 15) is 0 Å². The van der Waals surface area contributed by atoms with Crippen molar-refractivity contribution in [3.8, 4) is 0 Å². The van der Waals surface area contributed by atoms with Crippen molar-refractivity contribution in [2.75, 3.05) is 26.8 Å². The second kappa shape index (κ2) is 9.53. The van der Waals surface area contributed by atoms with E-state index in [2.05, 4.69) is 51.8 Å². The van der Waals surface area contributed by atoms with E-state index >= 15 is 0 Å². The first-order chi connectivity index (χ1) is 9.63. The molecule has 1 atom stereocenters. The van der Waals surface area contributed by atoms with Gasteiger partial charge in [0.15, 0.2) is 0 Å². The van der Waals surface area contributed by atoms with Gasteiger partial charge in [-0.15, -0.1) is 0 Å². The van der Waals surface area contributed by atoms with Crippen LogP contribution in [0.3, 0.4) is 0 Å². The second-order valence-corrected chi connectivity index (χ2v) is 6.01. The number of methoxy groups -OCH3 is 1. The molecule has 0 aromatic carbocycles. The van der Waals surface area contributed by atoms with Crippen molar-refractivity contribution >= 4 is 15.9 Å². The average Bonchev–Trinajstić information content (AvgIpc) is 2.77. The third-order valence-corrected chi connectivity index (χ3v) is 4.46. The fraction of sp³-hybridized carbons (Fsp3) is 0.800. The normalized spacial score (nSPS) is 12.8. The summed E-state index contributed by atoms with van der Waals surface area (Å²) < 4.78 is 8.38. The van der Waals surface area contributed by atoms with Crippen molar-refractivity contribution in [3.63, 3.8) is 0 Å². The first kappa shape index (κ1) is 17.7. The molecule has 116 valence electrons. The SMILES string of the molecule is CCc1nn(CC)c(CCC(C)CNCCOC)c1Br. The van der Waals surface area contributed by atoms with Crippen LogP contribution in [0.1, 0.15) is 38.6 Å². The van der Waals surface area contributed by atoms with Crippen molar-refractivity contribution < 1.29 is 4.74 Å². The van der Waals surface area contributed by atoms with Crippen molar-refractivity contribution in [1.29, 1.82) is 0 Å². The molecule has 0 saturated carbocycles. The standard InChI is InChI=1S/C15H28BrN3O/c1-5-13-15(16)14(19(6-2)18-13)8-7-12(3)11-17-9-10-20-4/h12,17H,5-11H2,1-4H3. The lowest BCUT2D eigenvalue weighted by Crippen LogP contribution is -2.25. The van der Waals surface area contributed by atoms with Crippen LogP contribution in [0.4, 0.5) is 0 Å². The minimum absolute atomic E-state index is 0.657. The maximum Gasteiger partial charge on any atom is 0.0766 e. The molecule has 1 unspecified atom stereocenters. The first-order valence-electron chi connectivity index (χ1n) is 7.57. The monoisotopic (exact) mass is 345 g/mol. The Balaban J connectivity index is 2.46. The van der Waals surface area contributed by atoms with E-state index in [4.69, 9.17) is 4.74 Å². The number of rotatable bonds is 10. The highest BCUT2D eigenvalue weighted by Crippen LogP contribution is 2.24. The molecule has 20 heavy (non-hydrogen) atoms. The van der Waals surface area contributed by atoms with Gasteiger partial charge in [0.2, 0.25) is 0 Å². The fourth-order valence-corrected chi connectivity index (χ4v) is 3.03. The van der Waals surface area contributed by atoms with Crippen molar-refractivity contribution in [3.05, 3.63) is 15.9 Å². The number of nitrogens with zero attached hydrogens (tertiary/aromatic N) is 2. The van der Waals surface area contributed by atoms with Gasteiger partial charge in [-0.3, -0.25) is 4.68 Å². The van der Waals surface area contributed by atoms with Gasteiger partial charge in [0, 0.05) is 20.2 Å². The molecule has 1 rings (SSSR count). The van der Waals surface area contributed by atoms with E-state index < -0.39 is 0 Å². The number of nitrogens with one attached hydrogen (secondary N) is 1. The average molecular weight is 346 g/mol. The summed E-state index contributed by atoms with van der Waals surface area (Å²) in [5.74, 6) is 0.657. The van der Waals surface area contributed by atoms with E-state index in [0.717, 1.165) is 39.1 Å². The zero-order valence-electron chi connectivity index (χ0n) is 13.2. The molecular weight excluding hydrogens is 318 g/mol. The van der Waals surface area contributed by atoms with E-state index in [0.29, 0.717) is 5.92 Å². The second-order valence-electron chi connectivity index (χ2n) is 5.22. The summed E-state index contributed by atoms with van der Waals surface area (Å²) in [5, 5.41) is 8.07. The molecular formula is C15H28BrN3O. The Kier molecular flexibility index (Phi) is 8.41. The molecule has 0 radical (unpaired) electrons. The number of hydrogen-bond donors (Lipinski definition) is 1. The van der Waals surface area contributed by atoms with Crippen LogP contribution in [0.15, 0.2) is 4.47 Å². The minimum Gasteiger partial charge on any atom is -0.383 e. The van der Waals surface area contributed by atoms with Crippen molar-refractivity contribution in [2.45, 2.75) is 46.6 Å². The molecule has 5 heteroatoms. The smallest absolute Gasteiger partial charge is 0.0766 e. The van der Waals surface area contributed by atoms with Crippen LogP contribution in [-0.4, -0.2) is 36.6 Å². The molecule has 4 nitrogen and oxygen atoms in total. The highest BCUT2D eigenvalue weighted by Gasteiger charge is 2.14. The van der Waals surface area contributed by atoms with Gasteiger partial charge < -0.3 is 10.1 Å². The summed E-state index contributed by atoms with van der Waals surface area (Å²) in [6.07, 6.45) is 3.23. The van der Waals surface area contributed by atoms with Crippen molar-refractivity contribution in [2.24, 2.45) is 5.92 Å². The molecule has 0 saturated heterocycles. The Hall–Kier alpha value is -0.390. The topological polar surface area (TPSA) is 39.1 Å². The van der Waals surface area contributed by atoms with Crippen LogP contribution in [0.2, 0.25) is 0 Å². The predicted molar refractivity (Wildman–Crippen MR) is 87.2 cm³/mol. The molecule has 1 aromatic rings. The highest BCUT2D eigenvalue weighted by atomic mass is 79.9. The lowest BCUT2D eigenvalue weighted by molar-refractivity contribution is 0.198. The molecule has 0 aliphatic heterocycles. The van der Waals surface area contributed by atoms with Crippen molar-refractivity contribution in [1.82, 2.24) is 15.1 Å². The van der Waals surface area contributed by atoms with Crippen LogP contribution < -0.4 is 5.32 Å². The number of halogens is 1. The van der Waals surface area contributed by atoms with E-state index in [-0.39, 0.29) is 0 Å². The van der Waals surface area contributed by atoms with Crippen LogP contribution in [0.5, 0.6) is 0 Å². The van der Waals surface area contributed by atoms with Gasteiger partial charge in [0.1, 0.15) is 0 Å². The first-order valence-corrected chi connectivity index (χ1v) is 8.36. The Morgan fingerprint density at radius 1 is 1.40 bits per heavy atom. The van der Waals surface area contributed by atoms with Crippen LogP contribution in [-0.2, 0) is 24.1 Å². The highest BCUT2D eigenvalue weighted by molar-refractivity contribution is 9.10. The van der Waals surface area contributed by atoms with Gasteiger partial charge in [-0.1, -0.05) is 13.8 Å². The zero-order valence-corrected chi connectivity index (χ0v) is 14.8. The Labute approximate surface area is 131 Å². The third-order valence-electron chi connectivity index (χ3n) is 3.54. The molecule has 1 aromatic heterocycles. The minimum atomic E-state index is 0.657. The number of ether oxygens (including phenoxy) is 1. The van der Waals surface area contributed by atoms with Gasteiger partial charge in [0.05, 0.1) is 22.5 Å². The summed E-state index contributed by atoms with van der Waals surface area (Å²) >= 11 is 3.71. The van der Waals surface area contributed by atoms with Gasteiger partial charge in [-0.05, 0) is 54.6 Å². The zero-order chi connectivity index (χ0) is 15.0. The molecule has 0 amide bonds. The van der Waals surface area contributed by atoms with Crippen LogP contribution in [0.25, 0.3) is 0 Å². The molecule has 0 aliphatic carbocycles. The Bertz CT molecular complexity index is 393. The maximum atomic E-state index is 5.03. The number of hydrogen-bond acceptors (Lipinski definition) is 3. The predicted octanol–water partition coefficient (Wildman–Crippen LogP) is 3.03. The summed E-state index contributed by atoms with van der Waals surface area (Å²) in [5.41, 5.74) is 2.51. The van der Waals surface area contributed by atoms with E-state index in [1.807, 2.05) is 0 Å². The van der Waals surface area contributed by atoms with Crippen LogP contribution >= 0.6 is 15.9 Å². The third kappa shape index (κ3) is 5.19. The van der Waals surface area contributed by atoms with Gasteiger partial charge >= 0.3 is 0 Å². The molecule has 0 aliphatic rings. The molecule has 0 bridgehead atoms. The van der Waals surface area contributed by atoms with E-state index in [1.54, 1.807) is 7.11 Å².